The van der Waals surface area contributed by atoms with E-state index in [2.05, 4.69) is 11.4 Å². The number of carbonyl (C=O) groups excluding carboxylic acids is 1. The first-order valence-electron chi connectivity index (χ1n) is 11.5. The van der Waals surface area contributed by atoms with Crippen LogP contribution in [0.25, 0.3) is 22.3 Å². The number of nitriles is 1. The lowest BCUT2D eigenvalue weighted by Crippen LogP contribution is -2.22. The third kappa shape index (κ3) is 4.22. The molecular weight excluding hydrogens is 460 g/mol. The Morgan fingerprint density at radius 2 is 1.91 bits per heavy atom. The van der Waals surface area contributed by atoms with Gasteiger partial charge in [-0.15, -0.1) is 11.3 Å². The van der Waals surface area contributed by atoms with E-state index in [9.17, 15) is 14.9 Å². The van der Waals surface area contributed by atoms with E-state index in [1.54, 1.807) is 0 Å². The second-order valence-corrected chi connectivity index (χ2v) is 10.0. The zero-order valence-electron chi connectivity index (χ0n) is 19.8. The summed E-state index contributed by atoms with van der Waals surface area (Å²) in [6.07, 6.45) is 2.82. The Bertz CT molecular complexity index is 1570. The van der Waals surface area contributed by atoms with Crippen molar-refractivity contribution >= 4 is 33.2 Å². The van der Waals surface area contributed by atoms with E-state index in [-0.39, 0.29) is 23.5 Å². The van der Waals surface area contributed by atoms with Gasteiger partial charge in [-0.05, 0) is 62.8 Å². The fourth-order valence-corrected chi connectivity index (χ4v) is 5.87. The molecule has 0 saturated carbocycles. The SMILES string of the molecule is Cc1ccc(-c2oc3cc(C)cc(C)c3c(=O)c2OCC(=O)Nc2sc3c(c2C#N)CCC3)cc1. The molecular formula is C28H24N2O4S. The van der Waals surface area contributed by atoms with Crippen LogP contribution in [-0.4, -0.2) is 12.5 Å². The number of nitrogens with zero attached hydrogens (tertiary/aromatic N) is 1. The molecule has 1 aliphatic carbocycles. The fraction of sp³-hybridized carbons (Fsp3) is 0.250. The molecule has 4 aromatic rings. The smallest absolute Gasteiger partial charge is 0.262 e. The quantitative estimate of drug-likeness (QED) is 0.385. The zero-order chi connectivity index (χ0) is 24.7. The Labute approximate surface area is 206 Å². The van der Waals surface area contributed by atoms with Crippen LogP contribution in [0.2, 0.25) is 0 Å². The summed E-state index contributed by atoms with van der Waals surface area (Å²) in [4.78, 5) is 27.5. The topological polar surface area (TPSA) is 92.3 Å². The van der Waals surface area contributed by atoms with Gasteiger partial charge < -0.3 is 14.5 Å². The third-order valence-electron chi connectivity index (χ3n) is 6.24. The van der Waals surface area contributed by atoms with Crippen molar-refractivity contribution in [1.29, 1.82) is 5.26 Å². The fourth-order valence-electron chi connectivity index (χ4n) is 4.61. The van der Waals surface area contributed by atoms with E-state index in [0.29, 0.717) is 27.1 Å². The van der Waals surface area contributed by atoms with Crippen molar-refractivity contribution < 1.29 is 13.9 Å². The normalized spacial score (nSPS) is 12.4. The van der Waals surface area contributed by atoms with Crippen molar-refractivity contribution in [2.45, 2.75) is 40.0 Å². The van der Waals surface area contributed by atoms with Crippen LogP contribution >= 0.6 is 11.3 Å². The maximum atomic E-state index is 13.5. The molecule has 2 aromatic heterocycles. The van der Waals surface area contributed by atoms with Crippen LogP contribution < -0.4 is 15.5 Å². The number of hydrogen-bond donors (Lipinski definition) is 1. The summed E-state index contributed by atoms with van der Waals surface area (Å²) >= 11 is 1.44. The lowest BCUT2D eigenvalue weighted by Gasteiger charge is -2.13. The van der Waals surface area contributed by atoms with Crippen LogP contribution in [-0.2, 0) is 17.6 Å². The lowest BCUT2D eigenvalue weighted by atomic mass is 10.0. The van der Waals surface area contributed by atoms with E-state index >= 15 is 0 Å². The Morgan fingerprint density at radius 1 is 1.14 bits per heavy atom. The summed E-state index contributed by atoms with van der Waals surface area (Å²) in [6, 6.07) is 13.5. The van der Waals surface area contributed by atoms with E-state index in [0.717, 1.165) is 46.4 Å². The van der Waals surface area contributed by atoms with E-state index in [1.807, 2.05) is 57.2 Å². The van der Waals surface area contributed by atoms with Crippen LogP contribution in [0, 0.1) is 32.1 Å². The number of aryl methyl sites for hydroxylation is 4. The molecule has 0 unspecified atom stereocenters. The van der Waals surface area contributed by atoms with Gasteiger partial charge in [-0.3, -0.25) is 9.59 Å². The van der Waals surface area contributed by atoms with Crippen LogP contribution in [0.1, 0.15) is 39.1 Å². The summed E-state index contributed by atoms with van der Waals surface area (Å²) in [5.41, 5.74) is 5.25. The van der Waals surface area contributed by atoms with Crippen molar-refractivity contribution in [3.63, 3.8) is 0 Å². The predicted octanol–water partition coefficient (Wildman–Crippen LogP) is 5.82. The van der Waals surface area contributed by atoms with Crippen LogP contribution in [0.5, 0.6) is 5.75 Å². The lowest BCUT2D eigenvalue weighted by molar-refractivity contribution is -0.118. The average Bonchev–Trinajstić information content (AvgIpc) is 3.39. The first-order valence-corrected chi connectivity index (χ1v) is 12.3. The van der Waals surface area contributed by atoms with Gasteiger partial charge in [0.1, 0.15) is 16.7 Å². The third-order valence-corrected chi connectivity index (χ3v) is 7.45. The van der Waals surface area contributed by atoms with Crippen molar-refractivity contribution in [2.24, 2.45) is 0 Å². The van der Waals surface area contributed by atoms with Gasteiger partial charge in [-0.1, -0.05) is 35.9 Å². The number of benzene rings is 2. The second-order valence-electron chi connectivity index (χ2n) is 8.92. The van der Waals surface area contributed by atoms with Gasteiger partial charge in [0.15, 0.2) is 12.4 Å². The van der Waals surface area contributed by atoms with Gasteiger partial charge in [0, 0.05) is 10.4 Å². The molecule has 0 fully saturated rings. The number of carbonyl (C=O) groups is 1. The summed E-state index contributed by atoms with van der Waals surface area (Å²) in [6.45, 7) is 5.40. The number of rotatable bonds is 5. The molecule has 1 N–H and O–H groups in total. The molecule has 2 aromatic carbocycles. The van der Waals surface area contributed by atoms with Gasteiger partial charge >= 0.3 is 0 Å². The first kappa shape index (κ1) is 22.9. The largest absolute Gasteiger partial charge is 0.476 e. The average molecular weight is 485 g/mol. The Morgan fingerprint density at radius 3 is 2.66 bits per heavy atom. The molecule has 1 aliphatic rings. The van der Waals surface area contributed by atoms with E-state index in [4.69, 9.17) is 9.15 Å². The number of nitrogens with one attached hydrogen (secondary N) is 1. The number of anilines is 1. The summed E-state index contributed by atoms with van der Waals surface area (Å²) in [5.74, 6) is -0.151. The molecule has 0 saturated heterocycles. The molecule has 35 heavy (non-hydrogen) atoms. The van der Waals surface area contributed by atoms with Crippen LogP contribution in [0.3, 0.4) is 0 Å². The molecule has 2 heterocycles. The minimum Gasteiger partial charge on any atom is -0.476 e. The monoisotopic (exact) mass is 484 g/mol. The van der Waals surface area contributed by atoms with Crippen molar-refractivity contribution in [1.82, 2.24) is 0 Å². The minimum absolute atomic E-state index is 0.00219. The molecule has 1 amide bonds. The van der Waals surface area contributed by atoms with Gasteiger partial charge in [-0.2, -0.15) is 5.26 Å². The number of hydrogen-bond acceptors (Lipinski definition) is 6. The van der Waals surface area contributed by atoms with E-state index in [1.165, 1.54) is 11.3 Å². The van der Waals surface area contributed by atoms with Crippen LogP contribution in [0.4, 0.5) is 5.00 Å². The number of ether oxygens (including phenoxy) is 1. The standard InChI is InChI=1S/C28H24N2O4S/c1-15-7-9-18(10-8-15)26-27(25(32)24-17(3)11-16(2)12-21(24)34-26)33-14-23(31)30-28-20(13-29)19-5-4-6-22(19)35-28/h7-12H,4-6,14H2,1-3H3,(H,30,31). The van der Waals surface area contributed by atoms with Crippen LogP contribution in [0.15, 0.2) is 45.6 Å². The zero-order valence-corrected chi connectivity index (χ0v) is 20.6. The Kier molecular flexibility index (Phi) is 5.91. The van der Waals surface area contributed by atoms with Gasteiger partial charge in [0.25, 0.3) is 5.91 Å². The molecule has 7 heteroatoms. The van der Waals surface area contributed by atoms with Crippen molar-refractivity contribution in [3.8, 4) is 23.1 Å². The minimum atomic E-state index is -0.434. The van der Waals surface area contributed by atoms with E-state index < -0.39 is 5.91 Å². The highest BCUT2D eigenvalue weighted by atomic mass is 32.1. The molecule has 0 spiro atoms. The van der Waals surface area contributed by atoms with Gasteiger partial charge in [-0.25, -0.2) is 0 Å². The highest BCUT2D eigenvalue weighted by Gasteiger charge is 2.24. The van der Waals surface area contributed by atoms with Gasteiger partial charge in [0.2, 0.25) is 11.2 Å². The second kappa shape index (κ2) is 9.05. The van der Waals surface area contributed by atoms with Gasteiger partial charge in [0.05, 0.1) is 10.9 Å². The molecule has 6 nitrogen and oxygen atoms in total. The Hall–Kier alpha value is -3.89. The molecule has 176 valence electrons. The van der Waals surface area contributed by atoms with Crippen molar-refractivity contribution in [2.75, 3.05) is 11.9 Å². The highest BCUT2D eigenvalue weighted by molar-refractivity contribution is 7.16. The summed E-state index contributed by atoms with van der Waals surface area (Å²) in [7, 11) is 0. The molecule has 5 rings (SSSR count). The number of thiophene rings is 1. The number of amides is 1. The predicted molar refractivity (Wildman–Crippen MR) is 137 cm³/mol. The molecule has 0 aliphatic heterocycles. The molecule has 0 bridgehead atoms. The first-order chi connectivity index (χ1) is 16.9. The highest BCUT2D eigenvalue weighted by Crippen LogP contribution is 2.38. The maximum Gasteiger partial charge on any atom is 0.262 e. The Balaban J connectivity index is 1.49. The molecule has 0 radical (unpaired) electrons. The summed E-state index contributed by atoms with van der Waals surface area (Å²) < 4.78 is 12.0. The van der Waals surface area contributed by atoms with Crippen molar-refractivity contribution in [3.05, 3.63) is 79.3 Å². The molecule has 0 atom stereocenters. The number of fused-ring (bicyclic) bond motifs is 2. The maximum absolute atomic E-state index is 13.5. The summed E-state index contributed by atoms with van der Waals surface area (Å²) in [5, 5.41) is 13.4.